The number of hydrogen-bond acceptors (Lipinski definition) is 5. The van der Waals surface area contributed by atoms with Crippen molar-refractivity contribution >= 4 is 27.4 Å². The van der Waals surface area contributed by atoms with Crippen molar-refractivity contribution in [1.82, 2.24) is 15.3 Å². The van der Waals surface area contributed by atoms with Crippen molar-refractivity contribution in [2.45, 2.75) is 39.2 Å². The van der Waals surface area contributed by atoms with Crippen LogP contribution in [0.15, 0.2) is 29.6 Å². The van der Waals surface area contributed by atoms with E-state index in [-0.39, 0.29) is 0 Å². The van der Waals surface area contributed by atoms with Gasteiger partial charge in [-0.3, -0.25) is 0 Å². The van der Waals surface area contributed by atoms with Gasteiger partial charge < -0.3 is 10.6 Å². The van der Waals surface area contributed by atoms with Gasteiger partial charge in [-0.15, -0.1) is 11.3 Å². The van der Waals surface area contributed by atoms with Crippen LogP contribution in [-0.4, -0.2) is 29.1 Å². The number of hydrogen-bond donors (Lipinski definition) is 2. The molecule has 3 aromatic rings. The maximum atomic E-state index is 4.75. The highest BCUT2D eigenvalue weighted by atomic mass is 32.1. The first-order chi connectivity index (χ1) is 12.2. The summed E-state index contributed by atoms with van der Waals surface area (Å²) in [5.41, 5.74) is 3.84. The highest BCUT2D eigenvalue weighted by molar-refractivity contribution is 7.17. The van der Waals surface area contributed by atoms with Crippen LogP contribution in [0, 0.1) is 6.92 Å². The molecule has 0 amide bonds. The molecule has 0 radical (unpaired) electrons. The quantitative estimate of drug-likeness (QED) is 0.731. The molecule has 0 spiro atoms. The van der Waals surface area contributed by atoms with Gasteiger partial charge in [-0.1, -0.05) is 31.2 Å². The lowest BCUT2D eigenvalue weighted by Crippen LogP contribution is -2.35. The van der Waals surface area contributed by atoms with Crippen LogP contribution in [0.25, 0.3) is 21.3 Å². The number of benzene rings is 1. The zero-order valence-corrected chi connectivity index (χ0v) is 15.6. The van der Waals surface area contributed by atoms with E-state index < -0.39 is 0 Å². The van der Waals surface area contributed by atoms with E-state index in [1.54, 1.807) is 11.3 Å². The van der Waals surface area contributed by atoms with Crippen LogP contribution >= 0.6 is 11.3 Å². The Morgan fingerprint density at radius 2 is 1.92 bits per heavy atom. The molecule has 1 aliphatic rings. The van der Waals surface area contributed by atoms with E-state index in [2.05, 4.69) is 52.2 Å². The number of piperidine rings is 1. The summed E-state index contributed by atoms with van der Waals surface area (Å²) < 4.78 is 0. The molecule has 4 rings (SSSR count). The number of rotatable bonds is 4. The molecule has 1 aliphatic heterocycles. The van der Waals surface area contributed by atoms with E-state index in [9.17, 15) is 0 Å². The second kappa shape index (κ2) is 7.10. The van der Waals surface area contributed by atoms with Crippen molar-refractivity contribution in [2.75, 3.05) is 18.4 Å². The molecule has 0 bridgehead atoms. The van der Waals surface area contributed by atoms with Crippen molar-refractivity contribution in [1.29, 1.82) is 0 Å². The molecular formula is C20H24N4S. The average molecular weight is 353 g/mol. The SMILES string of the molecule is CCc1ccc(-c2csc3nc(C)nc(NC4CCNCC4)c23)cc1. The Hall–Kier alpha value is -1.98. The Balaban J connectivity index is 1.76. The minimum Gasteiger partial charge on any atom is -0.367 e. The fraction of sp³-hybridized carbons (Fsp3) is 0.400. The third-order valence-electron chi connectivity index (χ3n) is 4.90. The van der Waals surface area contributed by atoms with Crippen LogP contribution in [0.5, 0.6) is 0 Å². The number of aryl methyl sites for hydroxylation is 2. The van der Waals surface area contributed by atoms with Crippen molar-refractivity contribution in [3.8, 4) is 11.1 Å². The normalized spacial score (nSPS) is 15.6. The molecule has 2 aromatic heterocycles. The first-order valence-electron chi connectivity index (χ1n) is 9.07. The van der Waals surface area contributed by atoms with Gasteiger partial charge in [0.15, 0.2) is 0 Å². The first kappa shape index (κ1) is 16.5. The molecule has 25 heavy (non-hydrogen) atoms. The van der Waals surface area contributed by atoms with Gasteiger partial charge in [-0.2, -0.15) is 0 Å². The van der Waals surface area contributed by atoms with E-state index >= 15 is 0 Å². The molecule has 2 N–H and O–H groups in total. The summed E-state index contributed by atoms with van der Waals surface area (Å²) in [4.78, 5) is 10.5. The Morgan fingerprint density at radius 3 is 2.64 bits per heavy atom. The zero-order valence-electron chi connectivity index (χ0n) is 14.8. The van der Waals surface area contributed by atoms with Crippen molar-refractivity contribution < 1.29 is 0 Å². The molecule has 4 nitrogen and oxygen atoms in total. The number of fused-ring (bicyclic) bond motifs is 1. The molecule has 1 saturated heterocycles. The number of aromatic nitrogens is 2. The highest BCUT2D eigenvalue weighted by Gasteiger charge is 2.18. The van der Waals surface area contributed by atoms with Crippen LogP contribution in [0.2, 0.25) is 0 Å². The van der Waals surface area contributed by atoms with Gasteiger partial charge in [0.2, 0.25) is 0 Å². The van der Waals surface area contributed by atoms with Gasteiger partial charge in [0.25, 0.3) is 0 Å². The lowest BCUT2D eigenvalue weighted by Gasteiger charge is -2.24. The first-order valence-corrected chi connectivity index (χ1v) is 9.95. The van der Waals surface area contributed by atoms with Crippen molar-refractivity contribution in [2.24, 2.45) is 0 Å². The van der Waals surface area contributed by atoms with E-state index in [0.717, 1.165) is 48.8 Å². The summed E-state index contributed by atoms with van der Waals surface area (Å²) in [6.07, 6.45) is 3.33. The molecule has 5 heteroatoms. The van der Waals surface area contributed by atoms with Crippen LogP contribution in [0.1, 0.15) is 31.2 Å². The number of thiophene rings is 1. The summed E-state index contributed by atoms with van der Waals surface area (Å²) in [5, 5.41) is 10.5. The molecule has 1 aromatic carbocycles. The van der Waals surface area contributed by atoms with Gasteiger partial charge in [0, 0.05) is 17.0 Å². The van der Waals surface area contributed by atoms with Crippen molar-refractivity contribution in [3.05, 3.63) is 41.0 Å². The Labute approximate surface area is 152 Å². The smallest absolute Gasteiger partial charge is 0.139 e. The standard InChI is InChI=1S/C20H24N4S/c1-3-14-4-6-15(7-5-14)17-12-25-20-18(17)19(22-13(2)23-20)24-16-8-10-21-11-9-16/h4-7,12,16,21H,3,8-11H2,1-2H3,(H,22,23,24). The predicted molar refractivity (Wildman–Crippen MR) is 106 cm³/mol. The number of anilines is 1. The minimum atomic E-state index is 0.481. The summed E-state index contributed by atoms with van der Waals surface area (Å²) in [5.74, 6) is 1.82. The molecule has 1 fully saturated rings. The van der Waals surface area contributed by atoms with Crippen LogP contribution in [-0.2, 0) is 6.42 Å². The summed E-state index contributed by atoms with van der Waals surface area (Å²) >= 11 is 1.71. The average Bonchev–Trinajstić information content (AvgIpc) is 3.06. The Bertz CT molecular complexity index is 863. The third-order valence-corrected chi connectivity index (χ3v) is 5.77. The Morgan fingerprint density at radius 1 is 1.16 bits per heavy atom. The van der Waals surface area contributed by atoms with Crippen LogP contribution < -0.4 is 10.6 Å². The van der Waals surface area contributed by atoms with E-state index in [0.29, 0.717) is 6.04 Å². The van der Waals surface area contributed by atoms with Crippen molar-refractivity contribution in [3.63, 3.8) is 0 Å². The molecule has 0 saturated carbocycles. The highest BCUT2D eigenvalue weighted by Crippen LogP contribution is 2.37. The molecule has 0 aliphatic carbocycles. The summed E-state index contributed by atoms with van der Waals surface area (Å²) in [6, 6.07) is 9.35. The van der Waals surface area contributed by atoms with Crippen LogP contribution in [0.4, 0.5) is 5.82 Å². The van der Waals surface area contributed by atoms with E-state index in [4.69, 9.17) is 4.98 Å². The van der Waals surface area contributed by atoms with Gasteiger partial charge >= 0.3 is 0 Å². The van der Waals surface area contributed by atoms with Crippen LogP contribution in [0.3, 0.4) is 0 Å². The fourth-order valence-electron chi connectivity index (χ4n) is 3.44. The van der Waals surface area contributed by atoms with Gasteiger partial charge in [0.05, 0.1) is 5.39 Å². The van der Waals surface area contributed by atoms with Gasteiger partial charge in [-0.25, -0.2) is 9.97 Å². The molecular weight excluding hydrogens is 328 g/mol. The van der Waals surface area contributed by atoms with Gasteiger partial charge in [0.1, 0.15) is 16.5 Å². The predicted octanol–water partition coefficient (Wildman–Crippen LogP) is 4.39. The van der Waals surface area contributed by atoms with E-state index in [1.807, 2.05) is 6.92 Å². The second-order valence-electron chi connectivity index (χ2n) is 6.67. The Kier molecular flexibility index (Phi) is 4.68. The lowest BCUT2D eigenvalue weighted by molar-refractivity contribution is 0.478. The minimum absolute atomic E-state index is 0.481. The lowest BCUT2D eigenvalue weighted by atomic mass is 10.0. The summed E-state index contributed by atoms with van der Waals surface area (Å²) in [6.45, 7) is 6.30. The number of nitrogens with zero attached hydrogens (tertiary/aromatic N) is 2. The maximum absolute atomic E-state index is 4.75. The second-order valence-corrected chi connectivity index (χ2v) is 7.53. The fourth-order valence-corrected chi connectivity index (χ4v) is 4.44. The molecule has 0 unspecified atom stereocenters. The zero-order chi connectivity index (χ0) is 17.2. The molecule has 3 heterocycles. The summed E-state index contributed by atoms with van der Waals surface area (Å²) in [7, 11) is 0. The third kappa shape index (κ3) is 3.39. The molecule has 130 valence electrons. The molecule has 0 atom stereocenters. The number of nitrogens with one attached hydrogen (secondary N) is 2. The topological polar surface area (TPSA) is 49.8 Å². The van der Waals surface area contributed by atoms with E-state index in [1.165, 1.54) is 22.1 Å². The maximum Gasteiger partial charge on any atom is 0.139 e. The van der Waals surface area contributed by atoms with Gasteiger partial charge in [-0.05, 0) is 50.4 Å². The monoisotopic (exact) mass is 352 g/mol. The largest absolute Gasteiger partial charge is 0.367 e.